The SMILES string of the molecule is CCN1C(=O)C(N)C(N)N1CC. The molecule has 2 atom stereocenters. The zero-order chi connectivity index (χ0) is 9.30. The van der Waals surface area contributed by atoms with E-state index in [2.05, 4.69) is 0 Å². The summed E-state index contributed by atoms with van der Waals surface area (Å²) in [6.07, 6.45) is -0.359. The minimum Gasteiger partial charge on any atom is -0.317 e. The highest BCUT2D eigenvalue weighted by molar-refractivity contribution is 5.83. The first-order chi connectivity index (χ1) is 5.63. The second-order valence-electron chi connectivity index (χ2n) is 2.83. The lowest BCUT2D eigenvalue weighted by molar-refractivity contribution is -0.138. The summed E-state index contributed by atoms with van der Waals surface area (Å²) < 4.78 is 0. The molecular weight excluding hydrogens is 156 g/mol. The first-order valence-corrected chi connectivity index (χ1v) is 4.22. The highest BCUT2D eigenvalue weighted by Crippen LogP contribution is 2.14. The maximum Gasteiger partial charge on any atom is 0.256 e. The number of nitrogens with zero attached hydrogens (tertiary/aromatic N) is 2. The summed E-state index contributed by atoms with van der Waals surface area (Å²) in [6, 6.07) is -0.565. The Morgan fingerprint density at radius 1 is 1.33 bits per heavy atom. The standard InChI is InChI=1S/C7H16N4O/c1-3-10-6(9)5(8)7(12)11(10)4-2/h5-6H,3-4,8-9H2,1-2H3. The van der Waals surface area contributed by atoms with Crippen LogP contribution >= 0.6 is 0 Å². The van der Waals surface area contributed by atoms with Crippen LogP contribution in [0.3, 0.4) is 0 Å². The number of hydrazine groups is 1. The molecule has 2 unspecified atom stereocenters. The molecule has 1 aliphatic heterocycles. The lowest BCUT2D eigenvalue weighted by Gasteiger charge is -2.27. The number of amides is 1. The zero-order valence-corrected chi connectivity index (χ0v) is 7.53. The Morgan fingerprint density at radius 2 is 1.92 bits per heavy atom. The van der Waals surface area contributed by atoms with E-state index in [0.29, 0.717) is 13.1 Å². The van der Waals surface area contributed by atoms with Gasteiger partial charge in [-0.2, -0.15) is 5.01 Å². The van der Waals surface area contributed by atoms with Crippen molar-refractivity contribution >= 4 is 5.91 Å². The molecule has 0 aliphatic carbocycles. The van der Waals surface area contributed by atoms with Crippen molar-refractivity contribution in [1.82, 2.24) is 10.0 Å². The molecule has 0 saturated carbocycles. The molecule has 0 aromatic carbocycles. The van der Waals surface area contributed by atoms with Crippen molar-refractivity contribution in [2.75, 3.05) is 13.1 Å². The molecule has 0 radical (unpaired) electrons. The Hall–Kier alpha value is -0.650. The lowest BCUT2D eigenvalue weighted by atomic mass is 10.2. The van der Waals surface area contributed by atoms with Crippen LogP contribution in [0, 0.1) is 0 Å². The summed E-state index contributed by atoms with van der Waals surface area (Å²) >= 11 is 0. The lowest BCUT2D eigenvalue weighted by Crippen LogP contribution is -2.48. The first kappa shape index (κ1) is 9.44. The van der Waals surface area contributed by atoms with Crippen LogP contribution in [-0.4, -0.2) is 41.2 Å². The fourth-order valence-electron chi connectivity index (χ4n) is 1.51. The molecular formula is C7H16N4O. The molecule has 0 bridgehead atoms. The summed E-state index contributed by atoms with van der Waals surface area (Å²) in [6.45, 7) is 5.21. The molecule has 5 heteroatoms. The topological polar surface area (TPSA) is 75.6 Å². The molecule has 0 spiro atoms. The molecule has 12 heavy (non-hydrogen) atoms. The monoisotopic (exact) mass is 172 g/mol. The van der Waals surface area contributed by atoms with Gasteiger partial charge in [0.05, 0.1) is 0 Å². The quantitative estimate of drug-likeness (QED) is 0.542. The van der Waals surface area contributed by atoms with Gasteiger partial charge >= 0.3 is 0 Å². The number of hydrogen-bond donors (Lipinski definition) is 2. The van der Waals surface area contributed by atoms with Crippen molar-refractivity contribution < 1.29 is 4.79 Å². The van der Waals surface area contributed by atoms with Crippen molar-refractivity contribution in [3.8, 4) is 0 Å². The predicted molar refractivity (Wildman–Crippen MR) is 45.7 cm³/mol. The van der Waals surface area contributed by atoms with Crippen molar-refractivity contribution in [1.29, 1.82) is 0 Å². The van der Waals surface area contributed by atoms with Gasteiger partial charge in [0.2, 0.25) is 0 Å². The Morgan fingerprint density at radius 3 is 2.25 bits per heavy atom. The Bertz CT molecular complexity index is 184. The number of carbonyl (C=O) groups excluding carboxylic acids is 1. The summed E-state index contributed by atoms with van der Waals surface area (Å²) in [5, 5.41) is 3.41. The number of hydrogen-bond acceptors (Lipinski definition) is 4. The number of rotatable bonds is 2. The Balaban J connectivity index is 2.79. The maximum atomic E-state index is 11.4. The molecule has 0 aromatic heterocycles. The van der Waals surface area contributed by atoms with E-state index in [0.717, 1.165) is 0 Å². The fraction of sp³-hybridized carbons (Fsp3) is 0.857. The van der Waals surface area contributed by atoms with E-state index in [4.69, 9.17) is 11.5 Å². The summed E-state index contributed by atoms with van der Waals surface area (Å²) in [7, 11) is 0. The van der Waals surface area contributed by atoms with E-state index < -0.39 is 6.04 Å². The minimum atomic E-state index is -0.565. The molecule has 0 aromatic rings. The van der Waals surface area contributed by atoms with Gasteiger partial charge < -0.3 is 11.5 Å². The van der Waals surface area contributed by atoms with Crippen molar-refractivity contribution in [2.24, 2.45) is 11.5 Å². The average molecular weight is 172 g/mol. The van der Waals surface area contributed by atoms with Gasteiger partial charge in [0.25, 0.3) is 5.91 Å². The summed E-state index contributed by atoms with van der Waals surface area (Å²) in [5.41, 5.74) is 11.3. The predicted octanol–water partition coefficient (Wildman–Crippen LogP) is -1.30. The highest BCUT2D eigenvalue weighted by atomic mass is 16.2. The molecule has 1 fully saturated rings. The van der Waals surface area contributed by atoms with E-state index in [-0.39, 0.29) is 12.1 Å². The van der Waals surface area contributed by atoms with Crippen LogP contribution in [-0.2, 0) is 4.79 Å². The average Bonchev–Trinajstić information content (AvgIpc) is 2.29. The van der Waals surface area contributed by atoms with Gasteiger partial charge in [-0.05, 0) is 6.92 Å². The van der Waals surface area contributed by atoms with Gasteiger partial charge in [-0.3, -0.25) is 9.80 Å². The van der Waals surface area contributed by atoms with E-state index >= 15 is 0 Å². The van der Waals surface area contributed by atoms with Crippen molar-refractivity contribution in [3.63, 3.8) is 0 Å². The van der Waals surface area contributed by atoms with Gasteiger partial charge in [0.1, 0.15) is 12.2 Å². The number of carbonyl (C=O) groups is 1. The van der Waals surface area contributed by atoms with Crippen LogP contribution in [0.1, 0.15) is 13.8 Å². The van der Waals surface area contributed by atoms with Crippen LogP contribution in [0.15, 0.2) is 0 Å². The van der Waals surface area contributed by atoms with Crippen LogP contribution in [0.25, 0.3) is 0 Å². The van der Waals surface area contributed by atoms with Crippen LogP contribution in [0.5, 0.6) is 0 Å². The molecule has 1 heterocycles. The first-order valence-electron chi connectivity index (χ1n) is 4.22. The summed E-state index contributed by atoms with van der Waals surface area (Å²) in [4.78, 5) is 11.4. The van der Waals surface area contributed by atoms with E-state index in [1.807, 2.05) is 13.8 Å². The van der Waals surface area contributed by atoms with Crippen LogP contribution in [0.4, 0.5) is 0 Å². The Labute approximate surface area is 72.3 Å². The molecule has 1 aliphatic rings. The van der Waals surface area contributed by atoms with Gasteiger partial charge in [-0.1, -0.05) is 6.92 Å². The van der Waals surface area contributed by atoms with Gasteiger partial charge in [-0.15, -0.1) is 0 Å². The molecule has 70 valence electrons. The fourth-order valence-corrected chi connectivity index (χ4v) is 1.51. The molecule has 5 nitrogen and oxygen atoms in total. The van der Waals surface area contributed by atoms with E-state index in [1.54, 1.807) is 10.0 Å². The number of likely N-dealkylation sites (N-methyl/N-ethyl adjacent to an activating group) is 2. The van der Waals surface area contributed by atoms with E-state index in [1.165, 1.54) is 0 Å². The molecule has 1 amide bonds. The van der Waals surface area contributed by atoms with Crippen LogP contribution in [0.2, 0.25) is 0 Å². The van der Waals surface area contributed by atoms with Gasteiger partial charge in [0, 0.05) is 13.1 Å². The number of nitrogens with two attached hydrogens (primary N) is 2. The van der Waals surface area contributed by atoms with Crippen molar-refractivity contribution in [3.05, 3.63) is 0 Å². The highest BCUT2D eigenvalue weighted by Gasteiger charge is 2.40. The largest absolute Gasteiger partial charge is 0.317 e. The normalized spacial score (nSPS) is 31.7. The second-order valence-corrected chi connectivity index (χ2v) is 2.83. The third kappa shape index (κ3) is 1.20. The third-order valence-electron chi connectivity index (χ3n) is 2.19. The molecule has 4 N–H and O–H groups in total. The second kappa shape index (κ2) is 3.38. The smallest absolute Gasteiger partial charge is 0.256 e. The summed E-state index contributed by atoms with van der Waals surface area (Å²) in [5.74, 6) is -0.0770. The van der Waals surface area contributed by atoms with E-state index in [9.17, 15) is 4.79 Å². The molecule has 1 rings (SSSR count). The third-order valence-corrected chi connectivity index (χ3v) is 2.19. The van der Waals surface area contributed by atoms with Gasteiger partial charge in [0.15, 0.2) is 0 Å². The minimum absolute atomic E-state index is 0.0770. The molecule has 1 saturated heterocycles. The maximum absolute atomic E-state index is 11.4. The van der Waals surface area contributed by atoms with Gasteiger partial charge in [-0.25, -0.2) is 0 Å². The van der Waals surface area contributed by atoms with Crippen molar-refractivity contribution in [2.45, 2.75) is 26.1 Å². The van der Waals surface area contributed by atoms with Crippen LogP contribution < -0.4 is 11.5 Å². The zero-order valence-electron chi connectivity index (χ0n) is 7.53. The Kier molecular flexibility index (Phi) is 2.66.